The maximum atomic E-state index is 11.1. The monoisotopic (exact) mass is 232 g/mol. The van der Waals surface area contributed by atoms with Gasteiger partial charge in [0.15, 0.2) is 0 Å². The van der Waals surface area contributed by atoms with Gasteiger partial charge in [0.05, 0.1) is 6.61 Å². The number of ether oxygens (including phenoxy) is 1. The molecule has 17 heavy (non-hydrogen) atoms. The highest BCUT2D eigenvalue weighted by Crippen LogP contribution is 2.29. The van der Waals surface area contributed by atoms with E-state index < -0.39 is 5.97 Å². The summed E-state index contributed by atoms with van der Waals surface area (Å²) in [6.45, 7) is -0.0728. The molecule has 0 aliphatic heterocycles. The smallest absolute Gasteiger partial charge is 0.339 e. The minimum absolute atomic E-state index is 0.0777. The van der Waals surface area contributed by atoms with Crippen LogP contribution in [0.2, 0.25) is 0 Å². The van der Waals surface area contributed by atoms with Crippen LogP contribution in [-0.2, 0) is 0 Å². The van der Waals surface area contributed by atoms with Crippen LogP contribution >= 0.6 is 0 Å². The molecule has 2 aromatic rings. The van der Waals surface area contributed by atoms with E-state index in [0.717, 1.165) is 10.8 Å². The molecule has 0 spiro atoms. The van der Waals surface area contributed by atoms with Crippen LogP contribution in [0.3, 0.4) is 0 Å². The van der Waals surface area contributed by atoms with Gasteiger partial charge in [-0.25, -0.2) is 4.79 Å². The number of carbonyl (C=O) groups is 1. The van der Waals surface area contributed by atoms with Crippen LogP contribution in [-0.4, -0.2) is 29.4 Å². The van der Waals surface area contributed by atoms with Gasteiger partial charge in [-0.1, -0.05) is 30.3 Å². The Morgan fingerprint density at radius 2 is 1.94 bits per heavy atom. The van der Waals surface area contributed by atoms with Crippen molar-refractivity contribution < 1.29 is 19.7 Å². The standard InChI is InChI=1S/C13H12O4/c14-7-8-17-12-10-4-2-1-3-9(10)5-6-11(12)13(15)16/h1-6,14H,7-8H2,(H,15,16). The second-order valence-electron chi connectivity index (χ2n) is 3.54. The topological polar surface area (TPSA) is 66.8 Å². The molecule has 88 valence electrons. The van der Waals surface area contributed by atoms with Crippen LogP contribution in [0.25, 0.3) is 10.8 Å². The van der Waals surface area contributed by atoms with E-state index in [1.165, 1.54) is 6.07 Å². The number of hydrogen-bond donors (Lipinski definition) is 2. The second kappa shape index (κ2) is 4.84. The number of hydrogen-bond acceptors (Lipinski definition) is 3. The minimum Gasteiger partial charge on any atom is -0.490 e. The number of carboxylic acids is 1. The maximum absolute atomic E-state index is 11.1. The highest BCUT2D eigenvalue weighted by molar-refractivity contribution is 6.00. The van der Waals surface area contributed by atoms with E-state index in [1.807, 2.05) is 18.2 Å². The van der Waals surface area contributed by atoms with Gasteiger partial charge in [-0.2, -0.15) is 0 Å². The highest BCUT2D eigenvalue weighted by Gasteiger charge is 2.14. The molecule has 0 aromatic heterocycles. The van der Waals surface area contributed by atoms with Crippen LogP contribution in [0.15, 0.2) is 36.4 Å². The first-order valence-electron chi connectivity index (χ1n) is 5.22. The molecule has 2 rings (SSSR count). The van der Waals surface area contributed by atoms with Crippen molar-refractivity contribution in [1.82, 2.24) is 0 Å². The fourth-order valence-electron chi connectivity index (χ4n) is 1.71. The van der Waals surface area contributed by atoms with Crippen molar-refractivity contribution in [2.45, 2.75) is 0 Å². The van der Waals surface area contributed by atoms with Crippen LogP contribution in [0, 0.1) is 0 Å². The van der Waals surface area contributed by atoms with Crippen molar-refractivity contribution in [2.75, 3.05) is 13.2 Å². The summed E-state index contributed by atoms with van der Waals surface area (Å²) in [4.78, 5) is 11.1. The Morgan fingerprint density at radius 3 is 2.65 bits per heavy atom. The Morgan fingerprint density at radius 1 is 1.18 bits per heavy atom. The third kappa shape index (κ3) is 2.21. The molecule has 0 radical (unpaired) electrons. The molecule has 0 aliphatic rings. The van der Waals surface area contributed by atoms with Gasteiger partial charge in [0.2, 0.25) is 0 Å². The van der Waals surface area contributed by atoms with Gasteiger partial charge in [-0.15, -0.1) is 0 Å². The fraction of sp³-hybridized carbons (Fsp3) is 0.154. The number of carboxylic acid groups (broad SMARTS) is 1. The van der Waals surface area contributed by atoms with Gasteiger partial charge in [-0.3, -0.25) is 0 Å². The van der Waals surface area contributed by atoms with Crippen molar-refractivity contribution >= 4 is 16.7 Å². The van der Waals surface area contributed by atoms with Gasteiger partial charge < -0.3 is 14.9 Å². The van der Waals surface area contributed by atoms with E-state index in [2.05, 4.69) is 0 Å². The number of rotatable bonds is 4. The predicted octanol–water partition coefficient (Wildman–Crippen LogP) is 1.91. The van der Waals surface area contributed by atoms with E-state index in [1.54, 1.807) is 12.1 Å². The molecule has 0 bridgehead atoms. The van der Waals surface area contributed by atoms with Gasteiger partial charge >= 0.3 is 5.97 Å². The molecular weight excluding hydrogens is 220 g/mol. The van der Waals surface area contributed by atoms with Crippen molar-refractivity contribution in [3.8, 4) is 5.75 Å². The third-order valence-corrected chi connectivity index (χ3v) is 2.45. The summed E-state index contributed by atoms with van der Waals surface area (Å²) in [6.07, 6.45) is 0. The van der Waals surface area contributed by atoms with Crippen LogP contribution in [0.4, 0.5) is 0 Å². The minimum atomic E-state index is -1.04. The summed E-state index contributed by atoms with van der Waals surface area (Å²) >= 11 is 0. The Labute approximate surface area is 98.1 Å². The molecule has 2 N–H and O–H groups in total. The molecule has 4 nitrogen and oxygen atoms in total. The van der Waals surface area contributed by atoms with Crippen molar-refractivity contribution in [2.24, 2.45) is 0 Å². The maximum Gasteiger partial charge on any atom is 0.339 e. The molecule has 4 heteroatoms. The number of aliphatic hydroxyl groups excluding tert-OH is 1. The van der Waals surface area contributed by atoms with Gasteiger partial charge in [0.1, 0.15) is 17.9 Å². The van der Waals surface area contributed by atoms with E-state index in [4.69, 9.17) is 14.9 Å². The first-order valence-corrected chi connectivity index (χ1v) is 5.22. The van der Waals surface area contributed by atoms with E-state index in [9.17, 15) is 4.79 Å². The lowest BCUT2D eigenvalue weighted by molar-refractivity contribution is 0.0691. The molecule has 0 saturated heterocycles. The lowest BCUT2D eigenvalue weighted by Gasteiger charge is -2.11. The first kappa shape index (κ1) is 11.4. The van der Waals surface area contributed by atoms with Crippen LogP contribution in [0.5, 0.6) is 5.75 Å². The summed E-state index contributed by atoms with van der Waals surface area (Å²) in [6, 6.07) is 10.6. The fourth-order valence-corrected chi connectivity index (χ4v) is 1.71. The van der Waals surface area contributed by atoms with Gasteiger partial charge in [0, 0.05) is 5.39 Å². The number of aliphatic hydroxyl groups is 1. The van der Waals surface area contributed by atoms with Crippen molar-refractivity contribution in [1.29, 1.82) is 0 Å². The summed E-state index contributed by atoms with van der Waals surface area (Å²) in [5, 5.41) is 19.5. The zero-order valence-electron chi connectivity index (χ0n) is 9.09. The Balaban J connectivity index is 2.61. The Bertz CT molecular complexity index is 548. The average Bonchev–Trinajstić information content (AvgIpc) is 2.35. The quantitative estimate of drug-likeness (QED) is 0.845. The highest BCUT2D eigenvalue weighted by atomic mass is 16.5. The normalized spacial score (nSPS) is 10.4. The number of benzene rings is 2. The van der Waals surface area contributed by atoms with Crippen molar-refractivity contribution in [3.63, 3.8) is 0 Å². The summed E-state index contributed by atoms with van der Waals surface area (Å²) < 4.78 is 5.33. The third-order valence-electron chi connectivity index (χ3n) is 2.45. The molecular formula is C13H12O4. The van der Waals surface area contributed by atoms with Gasteiger partial charge in [-0.05, 0) is 11.5 Å². The predicted molar refractivity (Wildman–Crippen MR) is 63.5 cm³/mol. The molecule has 0 saturated carbocycles. The Hall–Kier alpha value is -2.07. The molecule has 2 aromatic carbocycles. The lowest BCUT2D eigenvalue weighted by Crippen LogP contribution is -2.07. The van der Waals surface area contributed by atoms with E-state index in [0.29, 0.717) is 5.75 Å². The molecule has 0 aliphatic carbocycles. The second-order valence-corrected chi connectivity index (χ2v) is 3.54. The molecule has 0 fully saturated rings. The summed E-state index contributed by atoms with van der Waals surface area (Å²) in [7, 11) is 0. The number of fused-ring (bicyclic) bond motifs is 1. The Kier molecular flexibility index (Phi) is 3.25. The molecule has 0 atom stereocenters. The summed E-state index contributed by atoms with van der Waals surface area (Å²) in [5.41, 5.74) is 0.108. The largest absolute Gasteiger partial charge is 0.490 e. The molecule has 0 unspecified atom stereocenters. The van der Waals surface area contributed by atoms with E-state index >= 15 is 0 Å². The van der Waals surface area contributed by atoms with Crippen molar-refractivity contribution in [3.05, 3.63) is 42.0 Å². The zero-order chi connectivity index (χ0) is 12.3. The zero-order valence-corrected chi connectivity index (χ0v) is 9.09. The lowest BCUT2D eigenvalue weighted by atomic mass is 10.1. The van der Waals surface area contributed by atoms with Crippen LogP contribution < -0.4 is 4.74 Å². The average molecular weight is 232 g/mol. The first-order chi connectivity index (χ1) is 8.24. The number of aromatic carboxylic acids is 1. The van der Waals surface area contributed by atoms with Gasteiger partial charge in [0.25, 0.3) is 0 Å². The molecule has 0 amide bonds. The SMILES string of the molecule is O=C(O)c1ccc2ccccc2c1OCCO. The summed E-state index contributed by atoms with van der Waals surface area (Å²) in [5.74, 6) is -0.728. The van der Waals surface area contributed by atoms with Crippen LogP contribution in [0.1, 0.15) is 10.4 Å². The molecule has 0 heterocycles. The van der Waals surface area contributed by atoms with E-state index in [-0.39, 0.29) is 18.8 Å².